The standard InChI is InChI=1S/C8H4Br2N2O2/c9-3-1-4-6(13)5(10)8(14)12-7(4)11-2-3/h1-2H,(H2,11,12,13,14). The fourth-order valence-electron chi connectivity index (χ4n) is 1.11. The predicted octanol–water partition coefficient (Wildman–Crippen LogP) is 2.15. The molecule has 0 aliphatic heterocycles. The molecule has 0 aromatic carbocycles. The van der Waals surface area contributed by atoms with Crippen molar-refractivity contribution >= 4 is 42.9 Å². The van der Waals surface area contributed by atoms with Crippen LogP contribution >= 0.6 is 31.9 Å². The Labute approximate surface area is 95.2 Å². The summed E-state index contributed by atoms with van der Waals surface area (Å²) in [5.41, 5.74) is -0.0382. The first-order valence-electron chi connectivity index (χ1n) is 3.65. The minimum atomic E-state index is -0.398. The quantitative estimate of drug-likeness (QED) is 0.782. The van der Waals surface area contributed by atoms with Crippen LogP contribution in [0.1, 0.15) is 0 Å². The van der Waals surface area contributed by atoms with Crippen molar-refractivity contribution < 1.29 is 5.11 Å². The fourth-order valence-corrected chi connectivity index (χ4v) is 1.75. The number of aromatic nitrogens is 2. The first-order chi connectivity index (χ1) is 6.59. The number of halogens is 2. The second-order valence-electron chi connectivity index (χ2n) is 2.67. The molecule has 2 aromatic heterocycles. The lowest BCUT2D eigenvalue weighted by molar-refractivity contribution is 0.477. The average molecular weight is 320 g/mol. The maximum atomic E-state index is 11.2. The van der Waals surface area contributed by atoms with Gasteiger partial charge >= 0.3 is 0 Å². The lowest BCUT2D eigenvalue weighted by Gasteiger charge is -2.01. The number of fused-ring (bicyclic) bond motifs is 1. The zero-order valence-corrected chi connectivity index (χ0v) is 9.89. The van der Waals surface area contributed by atoms with Crippen LogP contribution in [-0.4, -0.2) is 15.1 Å². The Hall–Kier alpha value is -0.880. The van der Waals surface area contributed by atoms with Gasteiger partial charge in [-0.25, -0.2) is 4.98 Å². The molecule has 0 bridgehead atoms. The summed E-state index contributed by atoms with van der Waals surface area (Å²) in [6.45, 7) is 0. The topological polar surface area (TPSA) is 66.0 Å². The summed E-state index contributed by atoms with van der Waals surface area (Å²) in [6.07, 6.45) is 1.55. The van der Waals surface area contributed by atoms with Crippen LogP contribution in [0.5, 0.6) is 5.75 Å². The van der Waals surface area contributed by atoms with Crippen molar-refractivity contribution in [1.29, 1.82) is 0 Å². The lowest BCUT2D eigenvalue weighted by atomic mass is 10.3. The van der Waals surface area contributed by atoms with Crippen molar-refractivity contribution in [2.75, 3.05) is 0 Å². The van der Waals surface area contributed by atoms with Crippen LogP contribution in [0.15, 0.2) is 26.0 Å². The molecule has 0 unspecified atom stereocenters. The number of hydrogen-bond acceptors (Lipinski definition) is 3. The van der Waals surface area contributed by atoms with E-state index in [0.717, 1.165) is 4.47 Å². The SMILES string of the molecule is O=c1[nH]c2ncc(Br)cc2c(O)c1Br. The lowest BCUT2D eigenvalue weighted by Crippen LogP contribution is -2.07. The molecule has 0 spiro atoms. The van der Waals surface area contributed by atoms with Gasteiger partial charge in [0.05, 0.1) is 5.39 Å². The van der Waals surface area contributed by atoms with Crippen molar-refractivity contribution in [2.45, 2.75) is 0 Å². The molecular formula is C8H4Br2N2O2. The molecule has 0 aliphatic carbocycles. The van der Waals surface area contributed by atoms with Gasteiger partial charge in [0, 0.05) is 10.7 Å². The maximum absolute atomic E-state index is 11.2. The summed E-state index contributed by atoms with van der Waals surface area (Å²) >= 11 is 6.22. The Balaban J connectivity index is 2.99. The highest BCUT2D eigenvalue weighted by Gasteiger charge is 2.09. The molecule has 0 radical (unpaired) electrons. The van der Waals surface area contributed by atoms with Crippen LogP contribution in [0, 0.1) is 0 Å². The van der Waals surface area contributed by atoms with Crippen LogP contribution < -0.4 is 5.56 Å². The third kappa shape index (κ3) is 1.44. The number of hydrogen-bond donors (Lipinski definition) is 2. The van der Waals surface area contributed by atoms with E-state index in [4.69, 9.17) is 0 Å². The van der Waals surface area contributed by atoms with E-state index in [-0.39, 0.29) is 10.2 Å². The Morgan fingerprint density at radius 3 is 2.86 bits per heavy atom. The van der Waals surface area contributed by atoms with Crippen LogP contribution in [0.4, 0.5) is 0 Å². The average Bonchev–Trinajstić information content (AvgIpc) is 2.16. The van der Waals surface area contributed by atoms with Crippen molar-refractivity contribution in [1.82, 2.24) is 9.97 Å². The first kappa shape index (κ1) is 9.67. The second kappa shape index (κ2) is 3.36. The Morgan fingerprint density at radius 2 is 2.14 bits per heavy atom. The van der Waals surface area contributed by atoms with Crippen LogP contribution in [0.3, 0.4) is 0 Å². The fraction of sp³-hybridized carbons (Fsp3) is 0. The Bertz CT molecular complexity index is 565. The first-order valence-corrected chi connectivity index (χ1v) is 5.24. The molecule has 0 fully saturated rings. The largest absolute Gasteiger partial charge is 0.506 e. The highest BCUT2D eigenvalue weighted by Crippen LogP contribution is 2.28. The molecule has 0 saturated heterocycles. The number of rotatable bonds is 0. The van der Waals surface area contributed by atoms with Gasteiger partial charge in [-0.15, -0.1) is 0 Å². The van der Waals surface area contributed by atoms with Gasteiger partial charge in [0.2, 0.25) is 0 Å². The zero-order chi connectivity index (χ0) is 10.3. The summed E-state index contributed by atoms with van der Waals surface area (Å²) in [5, 5.41) is 10.1. The summed E-state index contributed by atoms with van der Waals surface area (Å²) in [5.74, 6) is -0.0995. The number of nitrogens with one attached hydrogen (secondary N) is 1. The van der Waals surface area contributed by atoms with E-state index in [1.807, 2.05) is 0 Å². The highest BCUT2D eigenvalue weighted by atomic mass is 79.9. The van der Waals surface area contributed by atoms with Crippen LogP contribution in [-0.2, 0) is 0 Å². The smallest absolute Gasteiger partial charge is 0.267 e. The van der Waals surface area contributed by atoms with Gasteiger partial charge < -0.3 is 10.1 Å². The van der Waals surface area contributed by atoms with E-state index in [9.17, 15) is 9.90 Å². The molecule has 6 heteroatoms. The molecule has 0 atom stereocenters. The maximum Gasteiger partial charge on any atom is 0.267 e. The molecular weight excluding hydrogens is 316 g/mol. The summed E-state index contributed by atoms with van der Waals surface area (Å²) < 4.78 is 0.851. The summed E-state index contributed by atoms with van der Waals surface area (Å²) in [7, 11) is 0. The molecule has 72 valence electrons. The van der Waals surface area contributed by atoms with Crippen molar-refractivity contribution in [3.05, 3.63) is 31.6 Å². The van der Waals surface area contributed by atoms with E-state index in [0.29, 0.717) is 11.0 Å². The van der Waals surface area contributed by atoms with Crippen LogP contribution in [0.25, 0.3) is 11.0 Å². The van der Waals surface area contributed by atoms with E-state index < -0.39 is 5.56 Å². The molecule has 2 rings (SSSR count). The minimum Gasteiger partial charge on any atom is -0.506 e. The van der Waals surface area contributed by atoms with E-state index in [1.165, 1.54) is 0 Å². The number of pyridine rings is 2. The van der Waals surface area contributed by atoms with E-state index in [1.54, 1.807) is 12.3 Å². The summed E-state index contributed by atoms with van der Waals surface area (Å²) in [4.78, 5) is 17.7. The van der Waals surface area contributed by atoms with Crippen LogP contribution in [0.2, 0.25) is 0 Å². The number of aromatic hydroxyl groups is 1. The van der Waals surface area contributed by atoms with Gasteiger partial charge in [-0.05, 0) is 37.9 Å². The molecule has 4 nitrogen and oxygen atoms in total. The van der Waals surface area contributed by atoms with Gasteiger partial charge in [-0.2, -0.15) is 0 Å². The second-order valence-corrected chi connectivity index (χ2v) is 4.38. The number of H-pyrrole nitrogens is 1. The monoisotopic (exact) mass is 318 g/mol. The van der Waals surface area contributed by atoms with E-state index >= 15 is 0 Å². The number of aromatic amines is 1. The van der Waals surface area contributed by atoms with Gasteiger partial charge in [0.15, 0.2) is 0 Å². The predicted molar refractivity (Wildman–Crippen MR) is 59.4 cm³/mol. The zero-order valence-electron chi connectivity index (χ0n) is 6.71. The van der Waals surface area contributed by atoms with Gasteiger partial charge in [0.25, 0.3) is 5.56 Å². The summed E-state index contributed by atoms with van der Waals surface area (Å²) in [6, 6.07) is 1.68. The third-order valence-corrected chi connectivity index (χ3v) is 2.92. The van der Waals surface area contributed by atoms with E-state index in [2.05, 4.69) is 41.8 Å². The molecule has 0 saturated carbocycles. The van der Waals surface area contributed by atoms with Crippen molar-refractivity contribution in [3.63, 3.8) is 0 Å². The highest BCUT2D eigenvalue weighted by molar-refractivity contribution is 9.10. The molecule has 2 heterocycles. The third-order valence-electron chi connectivity index (χ3n) is 1.75. The minimum absolute atomic E-state index is 0.0995. The molecule has 2 N–H and O–H groups in total. The molecule has 0 amide bonds. The molecule has 0 aliphatic rings. The Kier molecular flexibility index (Phi) is 2.32. The van der Waals surface area contributed by atoms with Gasteiger partial charge in [-0.1, -0.05) is 0 Å². The van der Waals surface area contributed by atoms with Gasteiger partial charge in [-0.3, -0.25) is 4.79 Å². The molecule has 2 aromatic rings. The van der Waals surface area contributed by atoms with Crippen molar-refractivity contribution in [3.8, 4) is 5.75 Å². The molecule has 14 heavy (non-hydrogen) atoms. The number of nitrogens with zero attached hydrogens (tertiary/aromatic N) is 1. The van der Waals surface area contributed by atoms with Gasteiger partial charge in [0.1, 0.15) is 15.9 Å². The Morgan fingerprint density at radius 1 is 1.43 bits per heavy atom. The normalized spacial score (nSPS) is 10.7. The van der Waals surface area contributed by atoms with Crippen molar-refractivity contribution in [2.24, 2.45) is 0 Å².